The van der Waals surface area contributed by atoms with E-state index in [2.05, 4.69) is 54.0 Å². The van der Waals surface area contributed by atoms with E-state index in [-0.39, 0.29) is 0 Å². The first kappa shape index (κ1) is 15.2. The molecular weight excluding hydrogens is 264 g/mol. The lowest BCUT2D eigenvalue weighted by atomic mass is 10.0. The van der Waals surface area contributed by atoms with Crippen molar-refractivity contribution >= 4 is 11.3 Å². The van der Waals surface area contributed by atoms with E-state index < -0.39 is 0 Å². The van der Waals surface area contributed by atoms with Crippen molar-refractivity contribution < 1.29 is 0 Å². The molecule has 3 heteroatoms. The van der Waals surface area contributed by atoms with Crippen molar-refractivity contribution in [2.24, 2.45) is 0 Å². The SMILES string of the molecule is CCCNC(Cc1ccc(CC)cn1)c1cscc1C. The minimum absolute atomic E-state index is 0.376. The number of nitrogens with zero attached hydrogens (tertiary/aromatic N) is 1. The zero-order chi connectivity index (χ0) is 14.4. The Morgan fingerprint density at radius 2 is 2.10 bits per heavy atom. The second-order valence-electron chi connectivity index (χ2n) is 5.23. The average Bonchev–Trinajstić information content (AvgIpc) is 2.90. The molecule has 1 atom stereocenters. The van der Waals surface area contributed by atoms with E-state index in [1.165, 1.54) is 22.4 Å². The van der Waals surface area contributed by atoms with Gasteiger partial charge in [0.25, 0.3) is 0 Å². The van der Waals surface area contributed by atoms with Gasteiger partial charge in [0, 0.05) is 24.4 Å². The third-order valence-electron chi connectivity index (χ3n) is 3.62. The van der Waals surface area contributed by atoms with E-state index in [4.69, 9.17) is 0 Å². The highest BCUT2D eigenvalue weighted by atomic mass is 32.1. The molecule has 2 heterocycles. The molecule has 0 saturated carbocycles. The second kappa shape index (κ2) is 7.55. The van der Waals surface area contributed by atoms with Crippen LogP contribution in [0.5, 0.6) is 0 Å². The zero-order valence-electron chi connectivity index (χ0n) is 12.6. The van der Waals surface area contributed by atoms with Crippen LogP contribution in [0.1, 0.15) is 48.7 Å². The molecule has 2 aromatic rings. The van der Waals surface area contributed by atoms with Gasteiger partial charge >= 0.3 is 0 Å². The van der Waals surface area contributed by atoms with Gasteiger partial charge in [0.1, 0.15) is 0 Å². The molecule has 0 bridgehead atoms. The highest BCUT2D eigenvalue weighted by Crippen LogP contribution is 2.24. The molecule has 108 valence electrons. The Kier molecular flexibility index (Phi) is 5.74. The third kappa shape index (κ3) is 3.90. The molecule has 1 N–H and O–H groups in total. The minimum Gasteiger partial charge on any atom is -0.310 e. The summed E-state index contributed by atoms with van der Waals surface area (Å²) in [4.78, 5) is 4.60. The van der Waals surface area contributed by atoms with Crippen LogP contribution in [-0.2, 0) is 12.8 Å². The predicted octanol–water partition coefficient (Wildman–Crippen LogP) is 4.30. The monoisotopic (exact) mass is 288 g/mol. The molecule has 0 spiro atoms. The Labute approximate surface area is 126 Å². The van der Waals surface area contributed by atoms with Gasteiger partial charge in [-0.2, -0.15) is 11.3 Å². The number of hydrogen-bond acceptors (Lipinski definition) is 3. The maximum atomic E-state index is 4.60. The van der Waals surface area contributed by atoms with Crippen LogP contribution in [0.4, 0.5) is 0 Å². The fourth-order valence-corrected chi connectivity index (χ4v) is 3.24. The first-order chi connectivity index (χ1) is 9.74. The van der Waals surface area contributed by atoms with Crippen molar-refractivity contribution in [3.05, 3.63) is 51.5 Å². The Bertz CT molecular complexity index is 516. The maximum Gasteiger partial charge on any atom is 0.0422 e. The maximum absolute atomic E-state index is 4.60. The number of aryl methyl sites for hydroxylation is 2. The van der Waals surface area contributed by atoms with Crippen LogP contribution < -0.4 is 5.32 Å². The highest BCUT2D eigenvalue weighted by molar-refractivity contribution is 7.08. The Morgan fingerprint density at radius 3 is 2.65 bits per heavy atom. The molecule has 0 aliphatic heterocycles. The summed E-state index contributed by atoms with van der Waals surface area (Å²) in [7, 11) is 0. The van der Waals surface area contributed by atoms with Gasteiger partial charge in [-0.1, -0.05) is 19.9 Å². The second-order valence-corrected chi connectivity index (χ2v) is 5.98. The van der Waals surface area contributed by atoms with Gasteiger partial charge in [0.2, 0.25) is 0 Å². The smallest absolute Gasteiger partial charge is 0.0422 e. The van der Waals surface area contributed by atoms with Gasteiger partial charge in [0.05, 0.1) is 0 Å². The van der Waals surface area contributed by atoms with E-state index in [0.29, 0.717) is 6.04 Å². The Hall–Kier alpha value is -1.19. The summed E-state index contributed by atoms with van der Waals surface area (Å²) in [6.07, 6.45) is 5.17. The third-order valence-corrected chi connectivity index (χ3v) is 4.50. The molecule has 0 radical (unpaired) electrons. The fraction of sp³-hybridized carbons (Fsp3) is 0.471. The van der Waals surface area contributed by atoms with E-state index in [0.717, 1.165) is 25.8 Å². The number of thiophene rings is 1. The summed E-state index contributed by atoms with van der Waals surface area (Å²) >= 11 is 1.78. The lowest BCUT2D eigenvalue weighted by Crippen LogP contribution is -2.24. The molecule has 0 fully saturated rings. The summed E-state index contributed by atoms with van der Waals surface area (Å²) in [6.45, 7) is 7.61. The van der Waals surface area contributed by atoms with Crippen LogP contribution in [-0.4, -0.2) is 11.5 Å². The van der Waals surface area contributed by atoms with E-state index in [9.17, 15) is 0 Å². The normalized spacial score (nSPS) is 12.6. The van der Waals surface area contributed by atoms with E-state index in [1.807, 2.05) is 6.20 Å². The molecule has 2 aromatic heterocycles. The van der Waals surface area contributed by atoms with Crippen LogP contribution in [0.25, 0.3) is 0 Å². The predicted molar refractivity (Wildman–Crippen MR) is 87.4 cm³/mol. The number of aromatic nitrogens is 1. The number of hydrogen-bond donors (Lipinski definition) is 1. The first-order valence-corrected chi connectivity index (χ1v) is 8.38. The van der Waals surface area contributed by atoms with Gasteiger partial charge < -0.3 is 5.32 Å². The Morgan fingerprint density at radius 1 is 1.25 bits per heavy atom. The molecule has 20 heavy (non-hydrogen) atoms. The standard InChI is InChI=1S/C17H24N2S/c1-4-8-18-17(16-12-20-11-13(16)3)9-15-7-6-14(5-2)10-19-15/h6-7,10-12,17-18H,4-5,8-9H2,1-3H3. The van der Waals surface area contributed by atoms with Crippen molar-refractivity contribution in [2.45, 2.75) is 46.1 Å². The number of pyridine rings is 1. The number of rotatable bonds is 7. The average molecular weight is 288 g/mol. The summed E-state index contributed by atoms with van der Waals surface area (Å²) in [5.41, 5.74) is 5.28. The molecule has 0 aliphatic carbocycles. The molecule has 0 saturated heterocycles. The van der Waals surface area contributed by atoms with Gasteiger partial charge in [0.15, 0.2) is 0 Å². The molecule has 0 aliphatic rings. The van der Waals surface area contributed by atoms with Crippen molar-refractivity contribution in [3.63, 3.8) is 0 Å². The van der Waals surface area contributed by atoms with Crippen molar-refractivity contribution in [1.82, 2.24) is 10.3 Å². The van der Waals surface area contributed by atoms with Crippen molar-refractivity contribution in [1.29, 1.82) is 0 Å². The van der Waals surface area contributed by atoms with E-state index in [1.54, 1.807) is 11.3 Å². The van der Waals surface area contributed by atoms with E-state index >= 15 is 0 Å². The number of nitrogens with one attached hydrogen (secondary N) is 1. The van der Waals surface area contributed by atoms with Gasteiger partial charge in [-0.15, -0.1) is 0 Å². The van der Waals surface area contributed by atoms with Crippen LogP contribution in [0.3, 0.4) is 0 Å². The van der Waals surface area contributed by atoms with Gasteiger partial charge in [-0.25, -0.2) is 0 Å². The summed E-state index contributed by atoms with van der Waals surface area (Å²) in [6, 6.07) is 4.74. The molecule has 1 unspecified atom stereocenters. The highest BCUT2D eigenvalue weighted by Gasteiger charge is 2.15. The first-order valence-electron chi connectivity index (χ1n) is 7.44. The van der Waals surface area contributed by atoms with Crippen LogP contribution in [0.15, 0.2) is 29.1 Å². The topological polar surface area (TPSA) is 24.9 Å². The zero-order valence-corrected chi connectivity index (χ0v) is 13.5. The van der Waals surface area contributed by atoms with Crippen molar-refractivity contribution in [2.75, 3.05) is 6.54 Å². The fourth-order valence-electron chi connectivity index (χ4n) is 2.33. The Balaban J connectivity index is 2.12. The molecule has 2 rings (SSSR count). The van der Waals surface area contributed by atoms with Crippen LogP contribution >= 0.6 is 11.3 Å². The summed E-state index contributed by atoms with van der Waals surface area (Å²) in [5.74, 6) is 0. The van der Waals surface area contributed by atoms with Crippen LogP contribution in [0, 0.1) is 6.92 Å². The lowest BCUT2D eigenvalue weighted by molar-refractivity contribution is 0.523. The van der Waals surface area contributed by atoms with Crippen molar-refractivity contribution in [3.8, 4) is 0 Å². The summed E-state index contributed by atoms with van der Waals surface area (Å²) < 4.78 is 0. The summed E-state index contributed by atoms with van der Waals surface area (Å²) in [5, 5.41) is 8.15. The van der Waals surface area contributed by atoms with Gasteiger partial charge in [-0.3, -0.25) is 4.98 Å². The molecule has 2 nitrogen and oxygen atoms in total. The van der Waals surface area contributed by atoms with Gasteiger partial charge in [-0.05, 0) is 59.8 Å². The quantitative estimate of drug-likeness (QED) is 0.821. The molecular formula is C17H24N2S. The minimum atomic E-state index is 0.376. The molecule has 0 aromatic carbocycles. The lowest BCUT2D eigenvalue weighted by Gasteiger charge is -2.18. The largest absolute Gasteiger partial charge is 0.310 e. The molecule has 0 amide bonds. The van der Waals surface area contributed by atoms with Crippen LogP contribution in [0.2, 0.25) is 0 Å².